The van der Waals surface area contributed by atoms with Gasteiger partial charge in [-0.2, -0.15) is 0 Å². The monoisotopic (exact) mass is 182 g/mol. The first-order chi connectivity index (χ1) is 6.21. The molecule has 1 aliphatic heterocycles. The van der Waals surface area contributed by atoms with Gasteiger partial charge in [0.2, 0.25) is 0 Å². The minimum Gasteiger partial charge on any atom is -0.309 e. The number of rotatable bonds is 1. The number of hydrogen-bond donors (Lipinski definition) is 1. The Morgan fingerprint density at radius 2 is 2.00 bits per heavy atom. The van der Waals surface area contributed by atoms with Crippen LogP contribution in [0.3, 0.4) is 0 Å². The van der Waals surface area contributed by atoms with Crippen LogP contribution >= 0.6 is 0 Å². The van der Waals surface area contributed by atoms with Gasteiger partial charge in [-0.15, -0.1) is 0 Å². The normalized spacial score (nSPS) is 38.3. The Morgan fingerprint density at radius 3 is 2.62 bits per heavy atom. The van der Waals surface area contributed by atoms with E-state index in [1.807, 2.05) is 0 Å². The quantitative estimate of drug-likeness (QED) is 0.660. The molecule has 2 rings (SSSR count). The number of nitrogens with one attached hydrogen (secondary N) is 1. The second kappa shape index (κ2) is 3.58. The first-order valence-corrected chi connectivity index (χ1v) is 5.64. The molecule has 0 aromatic carbocycles. The maximum atomic E-state index is 3.73. The molecule has 1 saturated carbocycles. The Bertz CT molecular complexity index is 175. The van der Waals surface area contributed by atoms with E-state index in [2.05, 4.69) is 24.2 Å². The highest BCUT2D eigenvalue weighted by molar-refractivity contribution is 4.97. The van der Waals surface area contributed by atoms with Gasteiger partial charge in [-0.3, -0.25) is 0 Å². The van der Waals surface area contributed by atoms with Gasteiger partial charge in [0.15, 0.2) is 0 Å². The van der Waals surface area contributed by atoms with Crippen molar-refractivity contribution in [3.63, 3.8) is 0 Å². The smallest absolute Gasteiger partial charge is 0.0309 e. The summed E-state index contributed by atoms with van der Waals surface area (Å²) in [6.45, 7) is 6.03. The highest BCUT2D eigenvalue weighted by Crippen LogP contribution is 2.35. The van der Waals surface area contributed by atoms with Gasteiger partial charge in [-0.25, -0.2) is 0 Å². The van der Waals surface area contributed by atoms with E-state index in [1.165, 1.54) is 45.3 Å². The molecule has 76 valence electrons. The minimum atomic E-state index is 0.406. The summed E-state index contributed by atoms with van der Waals surface area (Å²) in [5.74, 6) is 0.926. The van der Waals surface area contributed by atoms with Crippen LogP contribution in [0.1, 0.15) is 32.6 Å². The van der Waals surface area contributed by atoms with Crippen LogP contribution in [-0.2, 0) is 0 Å². The molecule has 0 aromatic rings. The van der Waals surface area contributed by atoms with Gasteiger partial charge in [0.05, 0.1) is 0 Å². The lowest BCUT2D eigenvalue weighted by molar-refractivity contribution is 0.117. The van der Waals surface area contributed by atoms with Crippen molar-refractivity contribution in [3.05, 3.63) is 0 Å². The molecule has 1 heterocycles. The summed E-state index contributed by atoms with van der Waals surface area (Å²) >= 11 is 0. The summed E-state index contributed by atoms with van der Waals surface area (Å²) in [5.41, 5.74) is 0.406. The van der Waals surface area contributed by atoms with E-state index >= 15 is 0 Å². The van der Waals surface area contributed by atoms with E-state index in [0.29, 0.717) is 5.54 Å². The summed E-state index contributed by atoms with van der Waals surface area (Å²) in [6.07, 6.45) is 5.78. The summed E-state index contributed by atoms with van der Waals surface area (Å²) < 4.78 is 0. The zero-order valence-corrected chi connectivity index (χ0v) is 8.97. The standard InChI is InChI=1S/C11H22N2/c1-11(10-5-3-4-6-10)9-13(2)8-7-12-11/h10,12H,3-9H2,1-2H3. The summed E-state index contributed by atoms with van der Waals surface area (Å²) in [6, 6.07) is 0. The molecule has 0 radical (unpaired) electrons. The largest absolute Gasteiger partial charge is 0.309 e. The predicted molar refractivity (Wildman–Crippen MR) is 55.9 cm³/mol. The highest BCUT2D eigenvalue weighted by atomic mass is 15.2. The first-order valence-electron chi connectivity index (χ1n) is 5.64. The van der Waals surface area contributed by atoms with E-state index in [9.17, 15) is 0 Å². The minimum absolute atomic E-state index is 0.406. The molecule has 2 nitrogen and oxygen atoms in total. The second-order valence-corrected chi connectivity index (χ2v) is 5.06. The molecule has 1 atom stereocenters. The molecule has 0 amide bonds. The fourth-order valence-electron chi connectivity index (χ4n) is 3.06. The molecule has 2 fully saturated rings. The van der Waals surface area contributed by atoms with Crippen molar-refractivity contribution < 1.29 is 0 Å². The Labute approximate surface area is 81.7 Å². The number of hydrogen-bond acceptors (Lipinski definition) is 2. The van der Waals surface area contributed by atoms with Crippen LogP contribution in [0.4, 0.5) is 0 Å². The fraction of sp³-hybridized carbons (Fsp3) is 1.00. The zero-order chi connectivity index (χ0) is 9.31. The zero-order valence-electron chi connectivity index (χ0n) is 8.97. The molecule has 13 heavy (non-hydrogen) atoms. The van der Waals surface area contributed by atoms with Crippen molar-refractivity contribution in [2.75, 3.05) is 26.7 Å². The molecule has 1 aliphatic carbocycles. The van der Waals surface area contributed by atoms with E-state index in [-0.39, 0.29) is 0 Å². The maximum Gasteiger partial charge on any atom is 0.0309 e. The van der Waals surface area contributed by atoms with Gasteiger partial charge in [0, 0.05) is 25.2 Å². The fourth-order valence-corrected chi connectivity index (χ4v) is 3.06. The average Bonchev–Trinajstić information content (AvgIpc) is 2.55. The first kappa shape index (κ1) is 9.47. The van der Waals surface area contributed by atoms with Crippen LogP contribution in [0, 0.1) is 5.92 Å². The van der Waals surface area contributed by atoms with Gasteiger partial charge in [-0.05, 0) is 32.7 Å². The molecule has 1 unspecified atom stereocenters. The lowest BCUT2D eigenvalue weighted by Crippen LogP contribution is -2.60. The van der Waals surface area contributed by atoms with Crippen molar-refractivity contribution in [2.45, 2.75) is 38.1 Å². The Hall–Kier alpha value is -0.0800. The van der Waals surface area contributed by atoms with Gasteiger partial charge < -0.3 is 10.2 Å². The van der Waals surface area contributed by atoms with Crippen LogP contribution < -0.4 is 5.32 Å². The Balaban J connectivity index is 2.00. The molecule has 2 aliphatic rings. The summed E-state index contributed by atoms with van der Waals surface area (Å²) in [4.78, 5) is 2.47. The van der Waals surface area contributed by atoms with Crippen molar-refractivity contribution >= 4 is 0 Å². The molecule has 0 bridgehead atoms. The van der Waals surface area contributed by atoms with E-state index in [1.54, 1.807) is 0 Å². The summed E-state index contributed by atoms with van der Waals surface area (Å²) in [5, 5.41) is 3.73. The molecule has 1 saturated heterocycles. The van der Waals surface area contributed by atoms with E-state index in [4.69, 9.17) is 0 Å². The molecule has 0 spiro atoms. The number of piperazine rings is 1. The Morgan fingerprint density at radius 1 is 1.31 bits per heavy atom. The third-order valence-corrected chi connectivity index (χ3v) is 3.88. The number of likely N-dealkylation sites (N-methyl/N-ethyl adjacent to an activating group) is 1. The maximum absolute atomic E-state index is 3.73. The third kappa shape index (κ3) is 1.89. The van der Waals surface area contributed by atoms with Crippen molar-refractivity contribution in [2.24, 2.45) is 5.92 Å². The SMILES string of the molecule is CN1CCNC(C)(C2CCCC2)C1. The van der Waals surface area contributed by atoms with Gasteiger partial charge in [0.25, 0.3) is 0 Å². The van der Waals surface area contributed by atoms with E-state index < -0.39 is 0 Å². The second-order valence-electron chi connectivity index (χ2n) is 5.06. The van der Waals surface area contributed by atoms with Crippen molar-refractivity contribution in [1.29, 1.82) is 0 Å². The topological polar surface area (TPSA) is 15.3 Å². The van der Waals surface area contributed by atoms with Crippen molar-refractivity contribution in [1.82, 2.24) is 10.2 Å². The van der Waals surface area contributed by atoms with Gasteiger partial charge >= 0.3 is 0 Å². The van der Waals surface area contributed by atoms with Crippen LogP contribution in [0.15, 0.2) is 0 Å². The van der Waals surface area contributed by atoms with Gasteiger partial charge in [0.1, 0.15) is 0 Å². The van der Waals surface area contributed by atoms with Crippen molar-refractivity contribution in [3.8, 4) is 0 Å². The van der Waals surface area contributed by atoms with Crippen LogP contribution in [0.25, 0.3) is 0 Å². The predicted octanol–water partition coefficient (Wildman–Crippen LogP) is 1.47. The highest BCUT2D eigenvalue weighted by Gasteiger charge is 2.38. The average molecular weight is 182 g/mol. The van der Waals surface area contributed by atoms with Crippen LogP contribution in [-0.4, -0.2) is 37.1 Å². The lowest BCUT2D eigenvalue weighted by Gasteiger charge is -2.44. The Kier molecular flexibility index (Phi) is 2.61. The summed E-state index contributed by atoms with van der Waals surface area (Å²) in [7, 11) is 2.24. The molecule has 0 aromatic heterocycles. The molecular weight excluding hydrogens is 160 g/mol. The van der Waals surface area contributed by atoms with Crippen LogP contribution in [0.5, 0.6) is 0 Å². The lowest BCUT2D eigenvalue weighted by atomic mass is 9.82. The molecular formula is C11H22N2. The molecule has 2 heteroatoms. The van der Waals surface area contributed by atoms with Gasteiger partial charge in [-0.1, -0.05) is 12.8 Å². The van der Waals surface area contributed by atoms with E-state index in [0.717, 1.165) is 5.92 Å². The van der Waals surface area contributed by atoms with Crippen LogP contribution in [0.2, 0.25) is 0 Å². The molecule has 1 N–H and O–H groups in total. The third-order valence-electron chi connectivity index (χ3n) is 3.88. The number of nitrogens with zero attached hydrogens (tertiary/aromatic N) is 1.